The van der Waals surface area contributed by atoms with Crippen molar-refractivity contribution < 1.29 is 0 Å². The standard InChI is InChI=1S/C25H24N6S/c1-18-26-24(21-15-22(32-25(21)27-18)19-7-3-2-4-8-19)30-13-11-29(12-14-30)16-20-17-31-10-6-5-9-23(31)28-20/h2-10,15,17H,11-14,16H2,1H3. The third kappa shape index (κ3) is 3.63. The maximum absolute atomic E-state index is 4.86. The number of pyridine rings is 1. The van der Waals surface area contributed by atoms with Gasteiger partial charge in [0, 0.05) is 50.0 Å². The fraction of sp³-hybridized carbons (Fsp3) is 0.240. The molecular formula is C25H24N6S. The molecule has 0 amide bonds. The fourth-order valence-electron chi connectivity index (χ4n) is 4.41. The van der Waals surface area contributed by atoms with Crippen LogP contribution in [0.3, 0.4) is 0 Å². The molecule has 1 aliphatic rings. The summed E-state index contributed by atoms with van der Waals surface area (Å²) in [5.41, 5.74) is 3.36. The minimum absolute atomic E-state index is 0.834. The van der Waals surface area contributed by atoms with Crippen molar-refractivity contribution >= 4 is 33.0 Å². The predicted octanol–water partition coefficient (Wildman–Crippen LogP) is 4.64. The second-order valence-electron chi connectivity index (χ2n) is 8.25. The lowest BCUT2D eigenvalue weighted by molar-refractivity contribution is 0.247. The molecule has 0 saturated carbocycles. The van der Waals surface area contributed by atoms with Gasteiger partial charge in [-0.25, -0.2) is 15.0 Å². The number of aryl methyl sites for hydroxylation is 1. The number of rotatable bonds is 4. The van der Waals surface area contributed by atoms with Gasteiger partial charge in [-0.15, -0.1) is 11.3 Å². The first kappa shape index (κ1) is 19.4. The zero-order chi connectivity index (χ0) is 21.5. The molecule has 0 spiro atoms. The van der Waals surface area contributed by atoms with E-state index in [-0.39, 0.29) is 0 Å². The summed E-state index contributed by atoms with van der Waals surface area (Å²) in [5, 5.41) is 1.16. The quantitative estimate of drug-likeness (QED) is 0.408. The Balaban J connectivity index is 1.22. The Bertz CT molecular complexity index is 1350. The number of thiophene rings is 1. The van der Waals surface area contributed by atoms with Crippen molar-refractivity contribution in [3.63, 3.8) is 0 Å². The Labute approximate surface area is 190 Å². The summed E-state index contributed by atoms with van der Waals surface area (Å²) in [4.78, 5) is 21.5. The molecule has 0 aliphatic carbocycles. The third-order valence-corrected chi connectivity index (χ3v) is 7.09. The Hall–Kier alpha value is -3.29. The molecule has 1 aromatic carbocycles. The first-order valence-electron chi connectivity index (χ1n) is 11.0. The van der Waals surface area contributed by atoms with Crippen LogP contribution in [0.25, 0.3) is 26.3 Å². The lowest BCUT2D eigenvalue weighted by Crippen LogP contribution is -2.46. The van der Waals surface area contributed by atoms with E-state index in [4.69, 9.17) is 15.0 Å². The normalized spacial score (nSPS) is 15.1. The van der Waals surface area contributed by atoms with Crippen molar-refractivity contribution in [2.45, 2.75) is 13.5 Å². The summed E-state index contributed by atoms with van der Waals surface area (Å²) in [7, 11) is 0. The summed E-state index contributed by atoms with van der Waals surface area (Å²) in [6, 6.07) is 18.9. The molecule has 0 N–H and O–H groups in total. The molecule has 32 heavy (non-hydrogen) atoms. The Morgan fingerprint density at radius 1 is 0.906 bits per heavy atom. The van der Waals surface area contributed by atoms with Gasteiger partial charge in [-0.2, -0.15) is 0 Å². The number of hydrogen-bond donors (Lipinski definition) is 0. The van der Waals surface area contributed by atoms with Crippen LogP contribution in [-0.4, -0.2) is 50.4 Å². The van der Waals surface area contributed by atoms with Crippen LogP contribution in [0.15, 0.2) is 67.0 Å². The van der Waals surface area contributed by atoms with Gasteiger partial charge >= 0.3 is 0 Å². The van der Waals surface area contributed by atoms with Gasteiger partial charge in [0.2, 0.25) is 0 Å². The van der Waals surface area contributed by atoms with Crippen LogP contribution in [0, 0.1) is 6.92 Å². The van der Waals surface area contributed by atoms with Crippen molar-refractivity contribution in [1.29, 1.82) is 0 Å². The minimum atomic E-state index is 0.834. The largest absolute Gasteiger partial charge is 0.353 e. The van der Waals surface area contributed by atoms with E-state index in [9.17, 15) is 0 Å². The summed E-state index contributed by atoms with van der Waals surface area (Å²) >= 11 is 1.75. The molecule has 160 valence electrons. The van der Waals surface area contributed by atoms with E-state index in [1.165, 1.54) is 10.4 Å². The van der Waals surface area contributed by atoms with Crippen LogP contribution < -0.4 is 4.90 Å². The first-order chi connectivity index (χ1) is 15.7. The summed E-state index contributed by atoms with van der Waals surface area (Å²) in [6.07, 6.45) is 4.19. The van der Waals surface area contributed by atoms with E-state index in [0.29, 0.717) is 0 Å². The van der Waals surface area contributed by atoms with Crippen LogP contribution in [0.4, 0.5) is 5.82 Å². The first-order valence-corrected chi connectivity index (χ1v) is 11.8. The highest BCUT2D eigenvalue weighted by Gasteiger charge is 2.22. The smallest absolute Gasteiger partial charge is 0.141 e. The maximum Gasteiger partial charge on any atom is 0.141 e. The Morgan fingerprint density at radius 3 is 2.53 bits per heavy atom. The van der Waals surface area contributed by atoms with Crippen molar-refractivity contribution in [2.75, 3.05) is 31.1 Å². The van der Waals surface area contributed by atoms with Gasteiger partial charge in [0.15, 0.2) is 0 Å². The highest BCUT2D eigenvalue weighted by Crippen LogP contribution is 2.36. The van der Waals surface area contributed by atoms with Crippen molar-refractivity contribution in [2.24, 2.45) is 0 Å². The zero-order valence-corrected chi connectivity index (χ0v) is 18.8. The summed E-state index contributed by atoms with van der Waals surface area (Å²) in [5.74, 6) is 1.90. The Kier molecular flexibility index (Phi) is 4.85. The minimum Gasteiger partial charge on any atom is -0.353 e. The molecule has 7 heteroatoms. The fourth-order valence-corrected chi connectivity index (χ4v) is 5.48. The van der Waals surface area contributed by atoms with Gasteiger partial charge in [-0.1, -0.05) is 36.4 Å². The number of fused-ring (bicyclic) bond motifs is 2. The second kappa shape index (κ2) is 8.00. The third-order valence-electron chi connectivity index (χ3n) is 6.01. The molecule has 0 unspecified atom stereocenters. The average molecular weight is 441 g/mol. The molecule has 0 bridgehead atoms. The molecule has 1 aliphatic heterocycles. The molecule has 5 heterocycles. The molecule has 0 radical (unpaired) electrons. The van der Waals surface area contributed by atoms with Crippen molar-refractivity contribution in [3.05, 3.63) is 78.5 Å². The zero-order valence-electron chi connectivity index (χ0n) is 18.0. The van der Waals surface area contributed by atoms with E-state index in [1.807, 2.05) is 19.1 Å². The van der Waals surface area contributed by atoms with E-state index in [0.717, 1.165) is 65.9 Å². The van der Waals surface area contributed by atoms with E-state index >= 15 is 0 Å². The van der Waals surface area contributed by atoms with Crippen molar-refractivity contribution in [1.82, 2.24) is 24.3 Å². The van der Waals surface area contributed by atoms with Crippen LogP contribution >= 0.6 is 11.3 Å². The second-order valence-corrected chi connectivity index (χ2v) is 9.28. The average Bonchev–Trinajstić information content (AvgIpc) is 3.43. The molecule has 6 nitrogen and oxygen atoms in total. The number of anilines is 1. The van der Waals surface area contributed by atoms with E-state index in [2.05, 4.69) is 69.1 Å². The van der Waals surface area contributed by atoms with Gasteiger partial charge in [0.1, 0.15) is 22.1 Å². The monoisotopic (exact) mass is 440 g/mol. The molecule has 6 rings (SSSR count). The summed E-state index contributed by atoms with van der Waals surface area (Å²) < 4.78 is 2.09. The van der Waals surface area contributed by atoms with Gasteiger partial charge in [0.25, 0.3) is 0 Å². The molecule has 4 aromatic heterocycles. The molecular weight excluding hydrogens is 416 g/mol. The number of piperazine rings is 1. The van der Waals surface area contributed by atoms with E-state index in [1.54, 1.807) is 11.3 Å². The predicted molar refractivity (Wildman–Crippen MR) is 130 cm³/mol. The molecule has 1 saturated heterocycles. The highest BCUT2D eigenvalue weighted by molar-refractivity contribution is 7.21. The number of aromatic nitrogens is 4. The number of hydrogen-bond acceptors (Lipinski definition) is 6. The number of imidazole rings is 1. The summed E-state index contributed by atoms with van der Waals surface area (Å²) in [6.45, 7) is 6.77. The highest BCUT2D eigenvalue weighted by atomic mass is 32.1. The molecule has 5 aromatic rings. The Morgan fingerprint density at radius 2 is 1.72 bits per heavy atom. The van der Waals surface area contributed by atoms with Crippen molar-refractivity contribution in [3.8, 4) is 10.4 Å². The van der Waals surface area contributed by atoms with Gasteiger partial charge in [-0.05, 0) is 30.7 Å². The van der Waals surface area contributed by atoms with Crippen LogP contribution in [0.2, 0.25) is 0 Å². The molecule has 0 atom stereocenters. The van der Waals surface area contributed by atoms with Gasteiger partial charge in [0.05, 0.1) is 11.1 Å². The maximum atomic E-state index is 4.86. The lowest BCUT2D eigenvalue weighted by atomic mass is 10.2. The topological polar surface area (TPSA) is 49.6 Å². The van der Waals surface area contributed by atoms with Gasteiger partial charge < -0.3 is 9.30 Å². The van der Waals surface area contributed by atoms with E-state index < -0.39 is 0 Å². The SMILES string of the molecule is Cc1nc(N2CCN(Cc3cn4ccccc4n3)CC2)c2cc(-c3ccccc3)sc2n1. The number of benzene rings is 1. The lowest BCUT2D eigenvalue weighted by Gasteiger charge is -2.35. The molecule has 1 fully saturated rings. The van der Waals surface area contributed by atoms with Crippen LogP contribution in [-0.2, 0) is 6.54 Å². The number of nitrogens with zero attached hydrogens (tertiary/aromatic N) is 6. The van der Waals surface area contributed by atoms with Crippen LogP contribution in [0.1, 0.15) is 11.5 Å². The van der Waals surface area contributed by atoms with Gasteiger partial charge in [-0.3, -0.25) is 4.90 Å². The van der Waals surface area contributed by atoms with Crippen LogP contribution in [0.5, 0.6) is 0 Å².